The van der Waals surface area contributed by atoms with Gasteiger partial charge in [0.15, 0.2) is 0 Å². The topological polar surface area (TPSA) is 37.3 Å². The standard InChI is InChI=1S/C15H19F3O2/c1-9(15(16,17)18)12(13(19)20)10-5-7-11(8-6-10)14(2,3)4/h5-9,12H,1-4H3,(H,19,20)/t9-,12?/m1/s1. The van der Waals surface area contributed by atoms with E-state index in [1.807, 2.05) is 20.8 Å². The minimum absolute atomic E-state index is 0.132. The molecule has 0 aliphatic carbocycles. The molecular formula is C15H19F3O2. The van der Waals surface area contributed by atoms with Crippen LogP contribution in [0.15, 0.2) is 24.3 Å². The number of hydrogen-bond acceptors (Lipinski definition) is 1. The predicted molar refractivity (Wildman–Crippen MR) is 70.7 cm³/mol. The highest BCUT2D eigenvalue weighted by atomic mass is 19.4. The van der Waals surface area contributed by atoms with Gasteiger partial charge in [0.1, 0.15) is 0 Å². The summed E-state index contributed by atoms with van der Waals surface area (Å²) < 4.78 is 38.3. The Kier molecular flexibility index (Phi) is 4.52. The molecule has 1 aromatic rings. The Morgan fingerprint density at radius 2 is 1.55 bits per heavy atom. The van der Waals surface area contributed by atoms with Crippen molar-refractivity contribution in [1.82, 2.24) is 0 Å². The van der Waals surface area contributed by atoms with Crippen LogP contribution in [0.2, 0.25) is 0 Å². The van der Waals surface area contributed by atoms with Gasteiger partial charge in [-0.2, -0.15) is 13.2 Å². The van der Waals surface area contributed by atoms with Crippen molar-refractivity contribution in [3.05, 3.63) is 35.4 Å². The summed E-state index contributed by atoms with van der Waals surface area (Å²) in [4.78, 5) is 11.2. The van der Waals surface area contributed by atoms with Gasteiger partial charge >= 0.3 is 12.1 Å². The fourth-order valence-electron chi connectivity index (χ4n) is 2.02. The van der Waals surface area contributed by atoms with E-state index in [-0.39, 0.29) is 11.0 Å². The van der Waals surface area contributed by atoms with Gasteiger partial charge in [-0.25, -0.2) is 0 Å². The van der Waals surface area contributed by atoms with Gasteiger partial charge in [0.25, 0.3) is 0 Å². The molecule has 0 saturated heterocycles. The van der Waals surface area contributed by atoms with E-state index in [1.165, 1.54) is 12.1 Å². The molecule has 0 radical (unpaired) electrons. The van der Waals surface area contributed by atoms with Crippen LogP contribution in [-0.4, -0.2) is 17.3 Å². The Labute approximate surface area is 116 Å². The van der Waals surface area contributed by atoms with E-state index in [1.54, 1.807) is 12.1 Å². The average molecular weight is 288 g/mol. The summed E-state index contributed by atoms with van der Waals surface area (Å²) in [7, 11) is 0. The second-order valence-electron chi connectivity index (χ2n) is 6.02. The zero-order chi connectivity index (χ0) is 15.7. The van der Waals surface area contributed by atoms with E-state index in [0.717, 1.165) is 12.5 Å². The first-order valence-corrected chi connectivity index (χ1v) is 6.34. The number of benzene rings is 1. The largest absolute Gasteiger partial charge is 0.481 e. The molecule has 0 amide bonds. The molecule has 0 aromatic heterocycles. The molecule has 5 heteroatoms. The van der Waals surface area contributed by atoms with Gasteiger partial charge in [0, 0.05) is 0 Å². The lowest BCUT2D eigenvalue weighted by Crippen LogP contribution is -2.31. The third-order valence-corrected chi connectivity index (χ3v) is 3.42. The number of carboxylic acid groups (broad SMARTS) is 1. The minimum Gasteiger partial charge on any atom is -0.481 e. The molecule has 1 unspecified atom stereocenters. The van der Waals surface area contributed by atoms with E-state index < -0.39 is 24.0 Å². The summed E-state index contributed by atoms with van der Waals surface area (Å²) in [5.74, 6) is -4.97. The fraction of sp³-hybridized carbons (Fsp3) is 0.533. The molecule has 112 valence electrons. The summed E-state index contributed by atoms with van der Waals surface area (Å²) in [6.07, 6.45) is -4.54. The molecule has 0 heterocycles. The Balaban J connectivity index is 3.15. The van der Waals surface area contributed by atoms with Crippen molar-refractivity contribution in [3.8, 4) is 0 Å². The molecule has 0 aliphatic heterocycles. The first-order valence-electron chi connectivity index (χ1n) is 6.34. The lowest BCUT2D eigenvalue weighted by Gasteiger charge is -2.24. The number of halogens is 3. The second-order valence-corrected chi connectivity index (χ2v) is 6.02. The van der Waals surface area contributed by atoms with Crippen molar-refractivity contribution in [1.29, 1.82) is 0 Å². The number of carboxylic acids is 1. The Morgan fingerprint density at radius 1 is 1.10 bits per heavy atom. The molecule has 0 spiro atoms. The first kappa shape index (κ1) is 16.5. The van der Waals surface area contributed by atoms with Gasteiger partial charge in [-0.15, -0.1) is 0 Å². The molecule has 0 aliphatic rings. The maximum atomic E-state index is 12.8. The average Bonchev–Trinajstić information content (AvgIpc) is 2.26. The monoisotopic (exact) mass is 288 g/mol. The highest BCUT2D eigenvalue weighted by Crippen LogP contribution is 2.38. The van der Waals surface area contributed by atoms with Crippen molar-refractivity contribution >= 4 is 5.97 Å². The number of carbonyl (C=O) groups is 1. The van der Waals surface area contributed by atoms with Gasteiger partial charge in [0.05, 0.1) is 11.8 Å². The van der Waals surface area contributed by atoms with Crippen LogP contribution in [0, 0.1) is 5.92 Å². The fourth-order valence-corrected chi connectivity index (χ4v) is 2.02. The Hall–Kier alpha value is -1.52. The van der Waals surface area contributed by atoms with Crippen molar-refractivity contribution in [2.45, 2.75) is 45.2 Å². The third kappa shape index (κ3) is 3.74. The molecule has 0 fully saturated rings. The van der Waals surface area contributed by atoms with E-state index in [9.17, 15) is 18.0 Å². The van der Waals surface area contributed by atoms with Crippen molar-refractivity contribution in [3.63, 3.8) is 0 Å². The maximum absolute atomic E-state index is 12.8. The zero-order valence-corrected chi connectivity index (χ0v) is 12.0. The van der Waals surface area contributed by atoms with Gasteiger partial charge in [0.2, 0.25) is 0 Å². The number of rotatable bonds is 3. The Morgan fingerprint density at radius 3 is 1.85 bits per heavy atom. The van der Waals surface area contributed by atoms with Crippen LogP contribution in [0.3, 0.4) is 0 Å². The summed E-state index contributed by atoms with van der Waals surface area (Å²) >= 11 is 0. The molecular weight excluding hydrogens is 269 g/mol. The summed E-state index contributed by atoms with van der Waals surface area (Å²) in [5.41, 5.74) is 0.993. The van der Waals surface area contributed by atoms with Crippen LogP contribution < -0.4 is 0 Å². The maximum Gasteiger partial charge on any atom is 0.392 e. The van der Waals surface area contributed by atoms with Gasteiger partial charge < -0.3 is 5.11 Å². The number of hydrogen-bond donors (Lipinski definition) is 1. The highest BCUT2D eigenvalue weighted by molar-refractivity contribution is 5.76. The van der Waals surface area contributed by atoms with E-state index >= 15 is 0 Å². The Bertz CT molecular complexity index is 469. The SMILES string of the molecule is C[C@H](C(C(=O)O)c1ccc(C(C)(C)C)cc1)C(F)(F)F. The molecule has 0 saturated carbocycles. The molecule has 0 bridgehead atoms. The molecule has 1 aromatic carbocycles. The normalized spacial score (nSPS) is 15.8. The van der Waals surface area contributed by atoms with Gasteiger partial charge in [-0.1, -0.05) is 52.0 Å². The molecule has 2 nitrogen and oxygen atoms in total. The van der Waals surface area contributed by atoms with Crippen molar-refractivity contribution < 1.29 is 23.1 Å². The van der Waals surface area contributed by atoms with Crippen LogP contribution in [-0.2, 0) is 10.2 Å². The van der Waals surface area contributed by atoms with Crippen LogP contribution >= 0.6 is 0 Å². The smallest absolute Gasteiger partial charge is 0.392 e. The number of alkyl halides is 3. The highest BCUT2D eigenvalue weighted by Gasteiger charge is 2.45. The van der Waals surface area contributed by atoms with Crippen LogP contribution in [0.1, 0.15) is 44.7 Å². The van der Waals surface area contributed by atoms with Crippen molar-refractivity contribution in [2.75, 3.05) is 0 Å². The molecule has 2 atom stereocenters. The molecule has 20 heavy (non-hydrogen) atoms. The predicted octanol–water partition coefficient (Wildman–Crippen LogP) is 4.35. The van der Waals surface area contributed by atoms with Crippen LogP contribution in [0.25, 0.3) is 0 Å². The quantitative estimate of drug-likeness (QED) is 0.897. The lowest BCUT2D eigenvalue weighted by atomic mass is 9.83. The van der Waals surface area contributed by atoms with Crippen LogP contribution in [0.4, 0.5) is 13.2 Å². The summed E-state index contributed by atoms with van der Waals surface area (Å²) in [6, 6.07) is 6.33. The van der Waals surface area contributed by atoms with Crippen molar-refractivity contribution in [2.24, 2.45) is 5.92 Å². The molecule has 1 N–H and O–H groups in total. The van der Waals surface area contributed by atoms with E-state index in [4.69, 9.17) is 5.11 Å². The van der Waals surface area contributed by atoms with Gasteiger partial charge in [-0.05, 0) is 16.5 Å². The lowest BCUT2D eigenvalue weighted by molar-refractivity contribution is -0.183. The first-order chi connectivity index (χ1) is 8.94. The minimum atomic E-state index is -4.54. The second kappa shape index (κ2) is 5.46. The number of aliphatic carboxylic acids is 1. The molecule has 1 rings (SSSR count). The van der Waals surface area contributed by atoms with Gasteiger partial charge in [-0.3, -0.25) is 4.79 Å². The van der Waals surface area contributed by atoms with Crippen LogP contribution in [0.5, 0.6) is 0 Å². The van der Waals surface area contributed by atoms with E-state index in [2.05, 4.69) is 0 Å². The zero-order valence-electron chi connectivity index (χ0n) is 12.0. The van der Waals surface area contributed by atoms with E-state index in [0.29, 0.717) is 0 Å². The summed E-state index contributed by atoms with van der Waals surface area (Å²) in [5, 5.41) is 9.09. The third-order valence-electron chi connectivity index (χ3n) is 3.42. The summed E-state index contributed by atoms with van der Waals surface area (Å²) in [6.45, 7) is 6.84.